The van der Waals surface area contributed by atoms with E-state index in [2.05, 4.69) is 20.9 Å². The van der Waals surface area contributed by atoms with Crippen molar-refractivity contribution in [3.63, 3.8) is 0 Å². The van der Waals surface area contributed by atoms with Crippen LogP contribution >= 0.6 is 27.5 Å². The maximum Gasteiger partial charge on any atom is 0.376 e. The largest absolute Gasteiger partial charge is 0.460 e. The number of halogens is 2. The van der Waals surface area contributed by atoms with Crippen LogP contribution < -0.4 is 0 Å². The highest BCUT2D eigenvalue weighted by atomic mass is 79.9. The van der Waals surface area contributed by atoms with Crippen LogP contribution in [0.3, 0.4) is 0 Å². The topological polar surface area (TPSA) is 52.3 Å². The van der Waals surface area contributed by atoms with Gasteiger partial charge in [-0.25, -0.2) is 9.78 Å². The molecule has 21 heavy (non-hydrogen) atoms. The third kappa shape index (κ3) is 2.99. The number of carbonyl (C=O) groups excluding carboxylic acids is 1. The van der Waals surface area contributed by atoms with Gasteiger partial charge < -0.3 is 9.15 Å². The SMILES string of the molecule is CCOC(=O)c1oc(-c2cc(Br)ccc2Cl)nc1C1CC1. The van der Waals surface area contributed by atoms with Crippen LogP contribution in [0.15, 0.2) is 27.1 Å². The Labute approximate surface area is 135 Å². The van der Waals surface area contributed by atoms with E-state index in [0.717, 1.165) is 17.3 Å². The molecule has 0 radical (unpaired) electrons. The molecule has 0 N–H and O–H groups in total. The molecule has 0 atom stereocenters. The van der Waals surface area contributed by atoms with Crippen molar-refractivity contribution in [1.82, 2.24) is 4.98 Å². The molecule has 110 valence electrons. The highest BCUT2D eigenvalue weighted by Crippen LogP contribution is 2.43. The van der Waals surface area contributed by atoms with Crippen molar-refractivity contribution in [3.05, 3.63) is 39.1 Å². The summed E-state index contributed by atoms with van der Waals surface area (Å²) in [6, 6.07) is 5.41. The number of hydrogen-bond donors (Lipinski definition) is 0. The fraction of sp³-hybridized carbons (Fsp3) is 0.333. The van der Waals surface area contributed by atoms with Crippen molar-refractivity contribution in [1.29, 1.82) is 0 Å². The molecule has 1 saturated carbocycles. The van der Waals surface area contributed by atoms with Gasteiger partial charge in [0.15, 0.2) is 0 Å². The quantitative estimate of drug-likeness (QED) is 0.725. The van der Waals surface area contributed by atoms with E-state index in [9.17, 15) is 4.79 Å². The summed E-state index contributed by atoms with van der Waals surface area (Å²) in [5, 5.41) is 0.525. The molecular formula is C15H13BrClNO3. The number of esters is 1. The average Bonchev–Trinajstić information content (AvgIpc) is 3.21. The molecule has 6 heteroatoms. The number of ether oxygens (including phenoxy) is 1. The minimum Gasteiger partial charge on any atom is -0.460 e. The van der Waals surface area contributed by atoms with Crippen molar-refractivity contribution in [2.24, 2.45) is 0 Å². The molecular weight excluding hydrogens is 358 g/mol. The second kappa shape index (κ2) is 5.81. The van der Waals surface area contributed by atoms with Crippen LogP contribution in [-0.4, -0.2) is 17.6 Å². The first-order valence-corrected chi connectivity index (χ1v) is 7.90. The third-order valence-corrected chi connectivity index (χ3v) is 4.06. The van der Waals surface area contributed by atoms with Crippen molar-refractivity contribution >= 4 is 33.5 Å². The summed E-state index contributed by atoms with van der Waals surface area (Å²) in [6.07, 6.45) is 2.04. The number of carbonyl (C=O) groups is 1. The van der Waals surface area contributed by atoms with Crippen molar-refractivity contribution in [3.8, 4) is 11.5 Å². The Morgan fingerprint density at radius 1 is 1.52 bits per heavy atom. The summed E-state index contributed by atoms with van der Waals surface area (Å²) in [5.41, 5.74) is 1.34. The van der Waals surface area contributed by atoms with Gasteiger partial charge in [0.05, 0.1) is 22.9 Å². The predicted octanol–water partition coefficient (Wildman–Crippen LogP) is 4.81. The van der Waals surface area contributed by atoms with E-state index in [1.54, 1.807) is 13.0 Å². The number of oxazole rings is 1. The second-order valence-corrected chi connectivity index (χ2v) is 6.18. The van der Waals surface area contributed by atoms with Gasteiger partial charge in [0.25, 0.3) is 0 Å². The molecule has 1 aromatic heterocycles. The fourth-order valence-corrected chi connectivity index (χ4v) is 2.64. The normalized spacial score (nSPS) is 14.2. The minimum absolute atomic E-state index is 0.199. The number of hydrogen-bond acceptors (Lipinski definition) is 4. The average molecular weight is 371 g/mol. The zero-order valence-electron chi connectivity index (χ0n) is 11.4. The van der Waals surface area contributed by atoms with Gasteiger partial charge in [-0.05, 0) is 38.0 Å². The number of aromatic nitrogens is 1. The van der Waals surface area contributed by atoms with Gasteiger partial charge >= 0.3 is 5.97 Å². The van der Waals surface area contributed by atoms with E-state index in [0.29, 0.717) is 28.8 Å². The van der Waals surface area contributed by atoms with E-state index >= 15 is 0 Å². The number of benzene rings is 1. The van der Waals surface area contributed by atoms with Crippen LogP contribution in [0.25, 0.3) is 11.5 Å². The van der Waals surface area contributed by atoms with Crippen LogP contribution in [-0.2, 0) is 4.74 Å². The Balaban J connectivity index is 2.05. The number of nitrogens with zero attached hydrogens (tertiary/aromatic N) is 1. The first kappa shape index (κ1) is 14.6. The Hall–Kier alpha value is -1.33. The lowest BCUT2D eigenvalue weighted by Crippen LogP contribution is -2.05. The summed E-state index contributed by atoms with van der Waals surface area (Å²) >= 11 is 9.59. The summed E-state index contributed by atoms with van der Waals surface area (Å²) in [7, 11) is 0. The van der Waals surface area contributed by atoms with Crippen molar-refractivity contribution in [2.75, 3.05) is 6.61 Å². The Kier molecular flexibility index (Phi) is 4.04. The maximum absolute atomic E-state index is 12.0. The zero-order valence-corrected chi connectivity index (χ0v) is 13.7. The highest BCUT2D eigenvalue weighted by molar-refractivity contribution is 9.10. The smallest absolute Gasteiger partial charge is 0.376 e. The highest BCUT2D eigenvalue weighted by Gasteiger charge is 2.34. The lowest BCUT2D eigenvalue weighted by atomic mass is 10.2. The Bertz CT molecular complexity index is 694. The fourth-order valence-electron chi connectivity index (χ4n) is 2.08. The van der Waals surface area contributed by atoms with Crippen LogP contribution in [0.1, 0.15) is 41.9 Å². The molecule has 4 nitrogen and oxygen atoms in total. The van der Waals surface area contributed by atoms with E-state index < -0.39 is 5.97 Å². The third-order valence-electron chi connectivity index (χ3n) is 3.24. The summed E-state index contributed by atoms with van der Waals surface area (Å²) in [5.74, 6) is 0.369. The van der Waals surface area contributed by atoms with Gasteiger partial charge in [0.1, 0.15) is 0 Å². The van der Waals surface area contributed by atoms with E-state index in [1.807, 2.05) is 12.1 Å². The zero-order chi connectivity index (χ0) is 15.0. The molecule has 0 amide bonds. The molecule has 1 heterocycles. The van der Waals surface area contributed by atoms with Gasteiger partial charge in [0.2, 0.25) is 11.7 Å². The van der Waals surface area contributed by atoms with Gasteiger partial charge in [0, 0.05) is 10.4 Å². The molecule has 3 rings (SSSR count). The van der Waals surface area contributed by atoms with E-state index in [4.69, 9.17) is 20.8 Å². The molecule has 1 aromatic carbocycles. The molecule has 1 aliphatic carbocycles. The summed E-state index contributed by atoms with van der Waals surface area (Å²) < 4.78 is 11.6. The number of rotatable bonds is 4. The maximum atomic E-state index is 12.0. The van der Waals surface area contributed by atoms with E-state index in [-0.39, 0.29) is 11.7 Å². The van der Waals surface area contributed by atoms with Crippen LogP contribution in [0.4, 0.5) is 0 Å². The van der Waals surface area contributed by atoms with E-state index in [1.165, 1.54) is 0 Å². The molecule has 0 spiro atoms. The van der Waals surface area contributed by atoms with Crippen LogP contribution in [0.2, 0.25) is 5.02 Å². The molecule has 0 bridgehead atoms. The molecule has 2 aromatic rings. The summed E-state index contributed by atoms with van der Waals surface area (Å²) in [6.45, 7) is 2.06. The standard InChI is InChI=1S/C15H13BrClNO3/c1-2-20-15(19)13-12(8-3-4-8)18-14(21-13)10-7-9(16)5-6-11(10)17/h5-8H,2-4H2,1H3. The van der Waals surface area contributed by atoms with Gasteiger partial charge in [-0.1, -0.05) is 27.5 Å². The predicted molar refractivity (Wildman–Crippen MR) is 82.6 cm³/mol. The van der Waals surface area contributed by atoms with Crippen LogP contribution in [0.5, 0.6) is 0 Å². The second-order valence-electron chi connectivity index (χ2n) is 4.85. The molecule has 0 unspecified atom stereocenters. The molecule has 0 aliphatic heterocycles. The molecule has 0 saturated heterocycles. The first-order valence-electron chi connectivity index (χ1n) is 6.73. The lowest BCUT2D eigenvalue weighted by Gasteiger charge is -2.00. The first-order chi connectivity index (χ1) is 10.1. The van der Waals surface area contributed by atoms with Gasteiger partial charge in [-0.2, -0.15) is 0 Å². The Morgan fingerprint density at radius 2 is 2.29 bits per heavy atom. The van der Waals surface area contributed by atoms with Crippen molar-refractivity contribution in [2.45, 2.75) is 25.7 Å². The summed E-state index contributed by atoms with van der Waals surface area (Å²) in [4.78, 5) is 16.5. The monoisotopic (exact) mass is 369 g/mol. The van der Waals surface area contributed by atoms with Crippen LogP contribution in [0, 0.1) is 0 Å². The van der Waals surface area contributed by atoms with Gasteiger partial charge in [-0.15, -0.1) is 0 Å². The Morgan fingerprint density at radius 3 is 2.95 bits per heavy atom. The molecule has 1 aliphatic rings. The minimum atomic E-state index is -0.468. The van der Waals surface area contributed by atoms with Crippen molar-refractivity contribution < 1.29 is 13.9 Å². The van der Waals surface area contributed by atoms with Gasteiger partial charge in [-0.3, -0.25) is 0 Å². The molecule has 1 fully saturated rings. The lowest BCUT2D eigenvalue weighted by molar-refractivity contribution is 0.0489.